The zero-order valence-corrected chi connectivity index (χ0v) is 12.6. The molecule has 22 heavy (non-hydrogen) atoms. The van der Waals surface area contributed by atoms with Crippen LogP contribution in [0.5, 0.6) is 0 Å². The predicted molar refractivity (Wildman–Crippen MR) is 84.9 cm³/mol. The monoisotopic (exact) mass is 318 g/mol. The maximum atomic E-state index is 11.8. The molecule has 7 heteroatoms. The maximum Gasteiger partial charge on any atom is 0.410 e. The molecule has 114 valence electrons. The van der Waals surface area contributed by atoms with E-state index in [9.17, 15) is 4.79 Å². The van der Waals surface area contributed by atoms with Crippen molar-refractivity contribution in [3.63, 3.8) is 0 Å². The van der Waals surface area contributed by atoms with Crippen LogP contribution in [0.2, 0.25) is 5.02 Å². The van der Waals surface area contributed by atoms with Gasteiger partial charge in [-0.05, 0) is 12.5 Å². The molecule has 0 spiro atoms. The van der Waals surface area contributed by atoms with Crippen molar-refractivity contribution in [1.82, 2.24) is 14.9 Å². The Hall–Kier alpha value is -2.39. The number of amides is 1. The molecule has 1 amide bonds. The lowest BCUT2D eigenvalue weighted by Gasteiger charge is -2.18. The minimum atomic E-state index is -0.380. The van der Waals surface area contributed by atoms with E-state index in [-0.39, 0.29) is 18.7 Å². The van der Waals surface area contributed by atoms with Gasteiger partial charge in [-0.1, -0.05) is 17.5 Å². The first-order valence-electron chi connectivity index (χ1n) is 6.92. The summed E-state index contributed by atoms with van der Waals surface area (Å²) in [6.45, 7) is 1.17. The van der Waals surface area contributed by atoms with E-state index in [4.69, 9.17) is 22.8 Å². The van der Waals surface area contributed by atoms with E-state index in [1.807, 2.05) is 12.3 Å². The van der Waals surface area contributed by atoms with Crippen molar-refractivity contribution in [2.45, 2.75) is 12.5 Å². The van der Waals surface area contributed by atoms with Gasteiger partial charge in [0.2, 0.25) is 0 Å². The van der Waals surface area contributed by atoms with Crippen molar-refractivity contribution < 1.29 is 9.53 Å². The molecule has 1 atom stereocenters. The first-order valence-corrected chi connectivity index (χ1v) is 7.30. The van der Waals surface area contributed by atoms with Crippen molar-refractivity contribution in [2.24, 2.45) is 0 Å². The molecule has 0 saturated carbocycles. The van der Waals surface area contributed by atoms with Crippen LogP contribution in [-0.4, -0.2) is 46.7 Å². The minimum Gasteiger partial charge on any atom is -0.436 e. The Bertz CT molecular complexity index is 737. The third-order valence-corrected chi connectivity index (χ3v) is 3.90. The topological polar surface area (TPSA) is 70.2 Å². The summed E-state index contributed by atoms with van der Waals surface area (Å²) in [7, 11) is 0. The van der Waals surface area contributed by atoms with E-state index in [2.05, 4.69) is 21.2 Å². The number of carbonyl (C=O) groups is 1. The number of carbonyl (C=O) groups excluding carboxylic acids is 1. The van der Waals surface area contributed by atoms with Crippen molar-refractivity contribution in [2.75, 3.05) is 25.0 Å². The molecule has 0 bridgehead atoms. The second kappa shape index (κ2) is 6.16. The smallest absolute Gasteiger partial charge is 0.410 e. The molecule has 1 aliphatic heterocycles. The molecular formula is C15H15ClN4O2. The second-order valence-corrected chi connectivity index (χ2v) is 5.46. The summed E-state index contributed by atoms with van der Waals surface area (Å²) in [5, 5.41) is 4.88. The van der Waals surface area contributed by atoms with Gasteiger partial charge in [0.25, 0.3) is 0 Å². The van der Waals surface area contributed by atoms with Gasteiger partial charge in [0.15, 0.2) is 6.61 Å². The maximum absolute atomic E-state index is 11.8. The number of nitrogens with one attached hydrogen (secondary N) is 2. The van der Waals surface area contributed by atoms with E-state index in [0.717, 1.165) is 23.1 Å². The molecular weight excluding hydrogens is 304 g/mol. The molecule has 2 aromatic heterocycles. The Morgan fingerprint density at radius 1 is 1.68 bits per heavy atom. The summed E-state index contributed by atoms with van der Waals surface area (Å²) in [5.41, 5.74) is 1.60. The van der Waals surface area contributed by atoms with E-state index in [1.165, 1.54) is 0 Å². The lowest BCUT2D eigenvalue weighted by atomic mass is 10.2. The van der Waals surface area contributed by atoms with Crippen LogP contribution in [0.4, 0.5) is 10.5 Å². The minimum absolute atomic E-state index is 0.00637. The number of aromatic amines is 1. The van der Waals surface area contributed by atoms with Crippen LogP contribution in [0.25, 0.3) is 11.0 Å². The normalized spacial score (nSPS) is 17.5. The lowest BCUT2D eigenvalue weighted by Crippen LogP contribution is -2.32. The molecule has 1 fully saturated rings. The number of H-pyrrole nitrogens is 1. The molecule has 0 radical (unpaired) electrons. The average Bonchev–Trinajstić information content (AvgIpc) is 3.16. The second-order valence-electron chi connectivity index (χ2n) is 5.06. The van der Waals surface area contributed by atoms with Gasteiger partial charge in [-0.25, -0.2) is 9.78 Å². The number of hydrogen-bond acceptors (Lipinski definition) is 4. The SMILES string of the molecule is C#CCOC(=O)N1CC[C@@H](Nc2c(Cl)cnc3[nH]ccc23)C1. The van der Waals surface area contributed by atoms with Gasteiger partial charge in [-0.15, -0.1) is 6.42 Å². The summed E-state index contributed by atoms with van der Waals surface area (Å²) in [4.78, 5) is 20.7. The van der Waals surface area contributed by atoms with E-state index < -0.39 is 0 Å². The van der Waals surface area contributed by atoms with Crippen LogP contribution in [0.3, 0.4) is 0 Å². The largest absolute Gasteiger partial charge is 0.436 e. The zero-order chi connectivity index (χ0) is 15.5. The highest BCUT2D eigenvalue weighted by Gasteiger charge is 2.28. The number of rotatable bonds is 3. The number of anilines is 1. The van der Waals surface area contributed by atoms with Crippen LogP contribution in [0.1, 0.15) is 6.42 Å². The third kappa shape index (κ3) is 2.81. The van der Waals surface area contributed by atoms with Gasteiger partial charge < -0.3 is 19.9 Å². The van der Waals surface area contributed by atoms with Crippen LogP contribution in [0, 0.1) is 12.3 Å². The highest BCUT2D eigenvalue weighted by Crippen LogP contribution is 2.30. The summed E-state index contributed by atoms with van der Waals surface area (Å²) >= 11 is 6.24. The molecule has 1 aliphatic rings. The summed E-state index contributed by atoms with van der Waals surface area (Å²) in [5.74, 6) is 2.28. The fourth-order valence-electron chi connectivity index (χ4n) is 2.57. The first-order chi connectivity index (χ1) is 10.7. The van der Waals surface area contributed by atoms with Crippen LogP contribution < -0.4 is 5.32 Å². The van der Waals surface area contributed by atoms with Crippen molar-refractivity contribution >= 4 is 34.4 Å². The van der Waals surface area contributed by atoms with Gasteiger partial charge in [0, 0.05) is 30.7 Å². The zero-order valence-electron chi connectivity index (χ0n) is 11.8. The highest BCUT2D eigenvalue weighted by molar-refractivity contribution is 6.34. The third-order valence-electron chi connectivity index (χ3n) is 3.61. The van der Waals surface area contributed by atoms with Crippen LogP contribution >= 0.6 is 11.6 Å². The number of halogens is 1. The summed E-state index contributed by atoms with van der Waals surface area (Å²) in [6, 6.07) is 2.03. The number of aromatic nitrogens is 2. The Labute approximate surface area is 132 Å². The Morgan fingerprint density at radius 3 is 3.36 bits per heavy atom. The fourth-order valence-corrected chi connectivity index (χ4v) is 2.78. The van der Waals surface area contributed by atoms with E-state index in [0.29, 0.717) is 18.1 Å². The van der Waals surface area contributed by atoms with Gasteiger partial charge in [0.1, 0.15) is 5.65 Å². The molecule has 6 nitrogen and oxygen atoms in total. The Morgan fingerprint density at radius 2 is 2.55 bits per heavy atom. The number of hydrogen-bond donors (Lipinski definition) is 2. The number of likely N-dealkylation sites (tertiary alicyclic amines) is 1. The Kier molecular flexibility index (Phi) is 4.07. The van der Waals surface area contributed by atoms with Crippen molar-refractivity contribution in [3.05, 3.63) is 23.5 Å². The summed E-state index contributed by atoms with van der Waals surface area (Å²) < 4.78 is 4.94. The molecule has 2 N–H and O–H groups in total. The molecule has 1 saturated heterocycles. The van der Waals surface area contributed by atoms with Gasteiger partial charge in [-0.3, -0.25) is 0 Å². The quantitative estimate of drug-likeness (QED) is 0.853. The molecule has 0 aliphatic carbocycles. The van der Waals surface area contributed by atoms with E-state index in [1.54, 1.807) is 11.1 Å². The average molecular weight is 319 g/mol. The molecule has 2 aromatic rings. The Balaban J connectivity index is 1.69. The standard InChI is InChI=1S/C15H15ClN4O2/c1-2-7-22-15(21)20-6-4-10(9-20)19-13-11-3-5-17-14(11)18-8-12(13)16/h1,3,5,8,10H,4,6-7,9H2,(H2,17,18,19)/t10-/m1/s1. The number of fused-ring (bicyclic) bond motifs is 1. The van der Waals surface area contributed by atoms with Gasteiger partial charge >= 0.3 is 6.09 Å². The molecule has 0 aromatic carbocycles. The molecule has 3 heterocycles. The van der Waals surface area contributed by atoms with Crippen molar-refractivity contribution in [3.8, 4) is 12.3 Å². The number of nitrogens with zero attached hydrogens (tertiary/aromatic N) is 2. The van der Waals surface area contributed by atoms with E-state index >= 15 is 0 Å². The van der Waals surface area contributed by atoms with Crippen molar-refractivity contribution in [1.29, 1.82) is 0 Å². The number of terminal acetylenes is 1. The lowest BCUT2D eigenvalue weighted by molar-refractivity contribution is 0.122. The van der Waals surface area contributed by atoms with Crippen LogP contribution in [0.15, 0.2) is 18.5 Å². The van der Waals surface area contributed by atoms with Gasteiger partial charge in [0.05, 0.1) is 16.9 Å². The van der Waals surface area contributed by atoms with Gasteiger partial charge in [-0.2, -0.15) is 0 Å². The highest BCUT2D eigenvalue weighted by atomic mass is 35.5. The number of pyridine rings is 1. The predicted octanol–water partition coefficient (Wildman–Crippen LogP) is 2.47. The molecule has 0 unspecified atom stereocenters. The first kappa shape index (κ1) is 14.5. The fraction of sp³-hybridized carbons (Fsp3) is 0.333. The molecule has 3 rings (SSSR count). The number of ether oxygens (including phenoxy) is 1. The van der Waals surface area contributed by atoms with Crippen LogP contribution in [-0.2, 0) is 4.74 Å². The summed E-state index contributed by atoms with van der Waals surface area (Å²) in [6.07, 6.45) is 8.94.